The minimum Gasteiger partial charge on any atom is -0.454 e. The molecule has 0 saturated heterocycles. The van der Waals surface area contributed by atoms with Crippen molar-refractivity contribution in [3.05, 3.63) is 163 Å². The van der Waals surface area contributed by atoms with Crippen molar-refractivity contribution in [2.75, 3.05) is 0 Å². The van der Waals surface area contributed by atoms with Gasteiger partial charge in [0, 0.05) is 33.0 Å². The first-order valence-electron chi connectivity index (χ1n) is 18.2. The lowest BCUT2D eigenvalue weighted by Gasteiger charge is -2.14. The van der Waals surface area contributed by atoms with Crippen LogP contribution in [0.3, 0.4) is 0 Å². The van der Waals surface area contributed by atoms with Gasteiger partial charge in [-0.15, -0.1) is 0 Å². The molecule has 5 heteroatoms. The zero-order valence-corrected chi connectivity index (χ0v) is 27.1. The highest BCUT2D eigenvalue weighted by atomic mass is 35.5. The van der Waals surface area contributed by atoms with Gasteiger partial charge in [0.05, 0.1) is 10.5 Å². The minimum absolute atomic E-state index is 0.0537. The first kappa shape index (κ1) is 24.7. The highest BCUT2D eigenvalue weighted by Gasteiger charge is 2.23. The second-order valence-electron chi connectivity index (χ2n) is 12.2. The fourth-order valence-electron chi connectivity index (χ4n) is 6.91. The summed E-state index contributed by atoms with van der Waals surface area (Å²) in [6.45, 7) is 0. The fraction of sp³-hybridized carbons (Fsp3) is 0. The number of hydrogen-bond donors (Lipinski definition) is 0. The molecular weight excluding hydrogens is 634 g/mol. The van der Waals surface area contributed by atoms with Gasteiger partial charge in [-0.05, 0) is 62.1 Å². The van der Waals surface area contributed by atoms with Crippen molar-refractivity contribution in [1.82, 2.24) is 15.0 Å². The molecule has 0 radical (unpaired) electrons. The zero-order chi connectivity index (χ0) is 36.7. The molecule has 0 spiro atoms. The average Bonchev–Trinajstić information content (AvgIpc) is 3.59. The van der Waals surface area contributed by atoms with Crippen LogP contribution in [0.15, 0.2) is 162 Å². The van der Waals surface area contributed by atoms with Crippen LogP contribution in [0.1, 0.15) is 5.48 Å². The molecule has 0 aliphatic rings. The summed E-state index contributed by atoms with van der Waals surface area (Å²) in [5, 5.41) is 7.12. The summed E-state index contributed by atoms with van der Waals surface area (Å²) in [5.41, 5.74) is 3.30. The molecule has 0 unspecified atom stereocenters. The smallest absolute Gasteiger partial charge is 0.164 e. The fourth-order valence-corrected chi connectivity index (χ4v) is 7.20. The second kappa shape index (κ2) is 11.4. The van der Waals surface area contributed by atoms with Gasteiger partial charge in [-0.3, -0.25) is 0 Å². The summed E-state index contributed by atoms with van der Waals surface area (Å²) >= 11 is 7.25. The lowest BCUT2D eigenvalue weighted by molar-refractivity contribution is 0.669. The number of furan rings is 1. The topological polar surface area (TPSA) is 51.8 Å². The van der Waals surface area contributed by atoms with Gasteiger partial charge in [0.2, 0.25) is 0 Å². The Morgan fingerprint density at radius 3 is 2.02 bits per heavy atom. The predicted molar refractivity (Wildman–Crippen MR) is 206 cm³/mol. The van der Waals surface area contributed by atoms with E-state index in [0.29, 0.717) is 39.1 Å². The third-order valence-electron chi connectivity index (χ3n) is 9.27. The molecule has 0 N–H and O–H groups in total. The number of fused-ring (bicyclic) bond motifs is 7. The third-order valence-corrected chi connectivity index (χ3v) is 9.63. The van der Waals surface area contributed by atoms with Gasteiger partial charge in [-0.1, -0.05) is 145 Å². The Hall–Kier alpha value is -6.36. The molecule has 10 aromatic rings. The first-order chi connectivity index (χ1) is 26.4. The van der Waals surface area contributed by atoms with Crippen LogP contribution in [0, 0.1) is 0 Å². The van der Waals surface area contributed by atoms with Gasteiger partial charge < -0.3 is 4.42 Å². The zero-order valence-electron chi connectivity index (χ0n) is 30.3. The Balaban J connectivity index is 1.36. The summed E-state index contributed by atoms with van der Waals surface area (Å²) in [6.07, 6.45) is 0. The van der Waals surface area contributed by atoms with E-state index in [1.165, 1.54) is 6.07 Å². The number of rotatable bonds is 4. The van der Waals surface area contributed by atoms with E-state index in [2.05, 4.69) is 30.3 Å². The second-order valence-corrected chi connectivity index (χ2v) is 12.6. The Morgan fingerprint density at radius 1 is 0.500 bits per heavy atom. The summed E-state index contributed by atoms with van der Waals surface area (Å²) in [6, 6.07) is 42.9. The van der Waals surface area contributed by atoms with E-state index >= 15 is 0 Å². The standard InChI is InChI=1S/C45H26ClN3O/c46-41-36(31-23-22-27-12-4-5-15-29(27)24-31)26-38(40-35-20-10-11-21-39(35)50-42(40)41)45-48-43(28-13-2-1-3-14-28)47-44(49-45)37-25-30-16-6-7-17-32(30)33-18-8-9-19-34(33)37/h1-26H/i10D,11D,21D,26D. The molecular formula is C45H26ClN3O. The van der Waals surface area contributed by atoms with E-state index in [1.54, 1.807) is 0 Å². The number of nitrogens with zero attached hydrogens (tertiary/aromatic N) is 3. The lowest BCUT2D eigenvalue weighted by Crippen LogP contribution is -2.01. The van der Waals surface area contributed by atoms with Crippen LogP contribution < -0.4 is 0 Å². The average molecular weight is 664 g/mol. The normalized spacial score (nSPS) is 12.8. The Bertz CT molecular complexity index is 3180. The van der Waals surface area contributed by atoms with Gasteiger partial charge in [0.25, 0.3) is 0 Å². The van der Waals surface area contributed by atoms with Crippen molar-refractivity contribution < 1.29 is 9.90 Å². The van der Waals surface area contributed by atoms with Gasteiger partial charge in [0.1, 0.15) is 5.58 Å². The van der Waals surface area contributed by atoms with Crippen LogP contribution in [0.5, 0.6) is 0 Å². The molecule has 10 rings (SSSR count). The number of aromatic nitrogens is 3. The summed E-state index contributed by atoms with van der Waals surface area (Å²) < 4.78 is 42.1. The summed E-state index contributed by atoms with van der Waals surface area (Å²) in [4.78, 5) is 15.3. The van der Waals surface area contributed by atoms with E-state index in [0.717, 1.165) is 43.4 Å². The van der Waals surface area contributed by atoms with E-state index in [1.807, 2.05) is 97.1 Å². The molecule has 234 valence electrons. The van der Waals surface area contributed by atoms with Crippen molar-refractivity contribution in [3.63, 3.8) is 0 Å². The highest BCUT2D eigenvalue weighted by Crippen LogP contribution is 2.45. The molecule has 0 saturated carbocycles. The summed E-state index contributed by atoms with van der Waals surface area (Å²) in [7, 11) is 0. The number of hydrogen-bond acceptors (Lipinski definition) is 4. The number of benzene rings is 8. The van der Waals surface area contributed by atoms with Crippen LogP contribution in [0.2, 0.25) is 5.02 Å². The molecule has 2 aromatic heterocycles. The molecule has 0 aliphatic heterocycles. The molecule has 50 heavy (non-hydrogen) atoms. The van der Waals surface area contributed by atoms with Crippen molar-refractivity contribution in [2.45, 2.75) is 0 Å². The molecule has 0 atom stereocenters. The molecule has 2 heterocycles. The monoisotopic (exact) mass is 663 g/mol. The van der Waals surface area contributed by atoms with Crippen LogP contribution in [0.4, 0.5) is 0 Å². The van der Waals surface area contributed by atoms with Gasteiger partial charge in [0.15, 0.2) is 23.1 Å². The third kappa shape index (κ3) is 4.57. The Morgan fingerprint density at radius 2 is 1.18 bits per heavy atom. The van der Waals surface area contributed by atoms with Crippen molar-refractivity contribution >= 4 is 65.9 Å². The Kier molecular flexibility index (Phi) is 5.62. The van der Waals surface area contributed by atoms with Crippen molar-refractivity contribution in [1.29, 1.82) is 0 Å². The SMILES string of the molecule is [2H]c1cc2c(oc3c(Cl)c(-c4ccc5ccccc5c4)c([2H])c(-c4nc(-c5ccccc5)nc(-c5cc6ccccc6c6ccccc56)n4)c32)c([2H])c1[2H]. The molecule has 0 aliphatic carbocycles. The first-order valence-corrected chi connectivity index (χ1v) is 16.6. The quantitative estimate of drug-likeness (QED) is 0.176. The van der Waals surface area contributed by atoms with Crippen LogP contribution >= 0.6 is 11.6 Å². The van der Waals surface area contributed by atoms with Crippen molar-refractivity contribution in [2.24, 2.45) is 0 Å². The summed E-state index contributed by atoms with van der Waals surface area (Å²) in [5.74, 6) is 1.03. The van der Waals surface area contributed by atoms with Gasteiger partial charge >= 0.3 is 0 Å². The lowest BCUT2D eigenvalue weighted by atomic mass is 9.95. The predicted octanol–water partition coefficient (Wildman–Crippen LogP) is 12.6. The van der Waals surface area contributed by atoms with Gasteiger partial charge in [-0.25, -0.2) is 15.0 Å². The van der Waals surface area contributed by atoms with E-state index in [4.69, 9.17) is 35.1 Å². The molecule has 8 aromatic carbocycles. The van der Waals surface area contributed by atoms with E-state index in [9.17, 15) is 1.37 Å². The van der Waals surface area contributed by atoms with Crippen LogP contribution in [-0.2, 0) is 0 Å². The molecule has 0 bridgehead atoms. The van der Waals surface area contributed by atoms with E-state index < -0.39 is 0 Å². The van der Waals surface area contributed by atoms with Crippen molar-refractivity contribution in [3.8, 4) is 45.3 Å². The van der Waals surface area contributed by atoms with Crippen LogP contribution in [0.25, 0.3) is 99.5 Å². The maximum absolute atomic E-state index is 9.95. The van der Waals surface area contributed by atoms with Crippen LogP contribution in [-0.4, -0.2) is 15.0 Å². The molecule has 4 nitrogen and oxygen atoms in total. The maximum Gasteiger partial charge on any atom is 0.164 e. The van der Waals surface area contributed by atoms with Gasteiger partial charge in [-0.2, -0.15) is 0 Å². The number of para-hydroxylation sites is 1. The largest absolute Gasteiger partial charge is 0.454 e. The van der Waals surface area contributed by atoms with E-state index in [-0.39, 0.29) is 46.2 Å². The molecule has 0 fully saturated rings. The maximum atomic E-state index is 9.95. The Labute approximate surface area is 297 Å². The molecule has 0 amide bonds. The highest BCUT2D eigenvalue weighted by molar-refractivity contribution is 6.39. The minimum atomic E-state index is -0.267. The number of halogens is 1.